The van der Waals surface area contributed by atoms with E-state index in [1.54, 1.807) is 30.0 Å². The summed E-state index contributed by atoms with van der Waals surface area (Å²) in [6, 6.07) is 19.3. The molecule has 47 heavy (non-hydrogen) atoms. The van der Waals surface area contributed by atoms with Gasteiger partial charge in [0.1, 0.15) is 5.75 Å². The summed E-state index contributed by atoms with van der Waals surface area (Å²) in [7, 11) is 1.53. The van der Waals surface area contributed by atoms with E-state index in [0.717, 1.165) is 27.5 Å². The number of carbonyl (C=O) groups is 3. The summed E-state index contributed by atoms with van der Waals surface area (Å²) in [5.41, 5.74) is 3.13. The zero-order valence-corrected chi connectivity index (χ0v) is 27.1. The number of aromatic amines is 1. The second kappa shape index (κ2) is 11.3. The number of carbonyl (C=O) groups excluding carboxylic acids is 3. The van der Waals surface area contributed by atoms with E-state index in [0.29, 0.717) is 22.9 Å². The van der Waals surface area contributed by atoms with Gasteiger partial charge in [-0.15, -0.1) is 11.8 Å². The number of phenolic OH excluding ortho intramolecular Hbond substituents is 1. The molecule has 10 nitrogen and oxygen atoms in total. The Balaban J connectivity index is 1.09. The molecule has 0 spiro atoms. The van der Waals surface area contributed by atoms with E-state index in [4.69, 9.17) is 9.47 Å². The van der Waals surface area contributed by atoms with E-state index in [9.17, 15) is 24.3 Å². The van der Waals surface area contributed by atoms with Crippen LogP contribution in [0.1, 0.15) is 28.3 Å². The van der Waals surface area contributed by atoms with Crippen molar-refractivity contribution < 1.29 is 29.0 Å². The highest BCUT2D eigenvalue weighted by Crippen LogP contribution is 2.68. The van der Waals surface area contributed by atoms with Crippen LogP contribution in [0.5, 0.6) is 17.2 Å². The van der Waals surface area contributed by atoms with Crippen molar-refractivity contribution in [3.05, 3.63) is 92.4 Å². The van der Waals surface area contributed by atoms with Crippen molar-refractivity contribution in [1.29, 1.82) is 0 Å². The third kappa shape index (κ3) is 4.84. The van der Waals surface area contributed by atoms with Gasteiger partial charge in [-0.2, -0.15) is 0 Å². The number of thiazole rings is 1. The summed E-state index contributed by atoms with van der Waals surface area (Å²) in [4.78, 5) is 58.3. The molecule has 4 aromatic rings. The molecular weight excluding hydrogens is 639 g/mol. The maximum Gasteiger partial charge on any atom is 0.305 e. The van der Waals surface area contributed by atoms with Gasteiger partial charge >= 0.3 is 4.87 Å². The van der Waals surface area contributed by atoms with Crippen LogP contribution >= 0.6 is 23.1 Å². The van der Waals surface area contributed by atoms with E-state index in [1.807, 2.05) is 43.3 Å². The number of benzene rings is 3. The molecule has 3 fully saturated rings. The molecule has 2 bridgehead atoms. The zero-order chi connectivity index (χ0) is 32.6. The van der Waals surface area contributed by atoms with Gasteiger partial charge in [-0.1, -0.05) is 35.1 Å². The molecule has 0 radical (unpaired) electrons. The van der Waals surface area contributed by atoms with E-state index < -0.39 is 5.92 Å². The number of amides is 3. The Labute approximate surface area is 278 Å². The lowest BCUT2D eigenvalue weighted by molar-refractivity contribution is -0.123. The molecule has 3 aromatic carbocycles. The number of nitrogens with one attached hydrogen (secondary N) is 2. The highest BCUT2D eigenvalue weighted by Gasteiger charge is 2.69. The number of imide groups is 1. The smallest absolute Gasteiger partial charge is 0.305 e. The highest BCUT2D eigenvalue weighted by molar-refractivity contribution is 8.00. The molecule has 2 aliphatic carbocycles. The third-order valence-electron chi connectivity index (χ3n) is 10.1. The lowest BCUT2D eigenvalue weighted by Crippen LogP contribution is -2.42. The lowest BCUT2D eigenvalue weighted by Gasteiger charge is -2.43. The van der Waals surface area contributed by atoms with Crippen LogP contribution in [0.2, 0.25) is 0 Å². The first-order valence-corrected chi connectivity index (χ1v) is 17.1. The molecule has 2 aliphatic heterocycles. The maximum absolute atomic E-state index is 14.0. The average molecular weight is 670 g/mol. The Morgan fingerprint density at radius 1 is 0.979 bits per heavy atom. The van der Waals surface area contributed by atoms with Gasteiger partial charge in [-0.05, 0) is 85.2 Å². The number of aromatic hydroxyl groups is 1. The second-order valence-corrected chi connectivity index (χ2v) is 14.8. The molecule has 4 aliphatic rings. The molecule has 1 saturated heterocycles. The van der Waals surface area contributed by atoms with Crippen LogP contribution in [0.25, 0.3) is 0 Å². The topological polar surface area (TPSA) is 138 Å². The van der Waals surface area contributed by atoms with Crippen molar-refractivity contribution in [1.82, 2.24) is 4.98 Å². The van der Waals surface area contributed by atoms with Gasteiger partial charge in [0.2, 0.25) is 11.8 Å². The largest absolute Gasteiger partial charge is 0.508 e. The van der Waals surface area contributed by atoms with E-state index in [1.165, 1.54) is 35.5 Å². The van der Waals surface area contributed by atoms with Crippen LogP contribution < -0.4 is 24.6 Å². The summed E-state index contributed by atoms with van der Waals surface area (Å²) < 4.78 is 11.6. The SMILES string of the molecule is COc1cc([C@H]2c3sc(=O)[nH]c3SC3C2[C@H]2C[C@@H]3C3C(=O)N(c4ccc(C)cc4)C(=O)C32)ccc1OCC(=O)Nc1ccc(O)cc1. The standard InChI is InChI=1S/C35H31N3O7S2/c1-16-3-8-19(9-4-16)38-33(41)28-21-14-22(29(28)34(38)42)30-27(21)26(31-32(46-30)37-35(43)47-31)17-5-12-23(24(13-17)44-2)45-15-25(40)36-18-6-10-20(39)11-7-18/h3-13,21-22,26-30,39H,14-15H2,1-2H3,(H,36,40)(H,37,43)/t21-,22-,26-,27?,28?,29?,30?/m1/s1. The average Bonchev–Trinajstić information content (AvgIpc) is 3.80. The number of aromatic nitrogens is 1. The normalized spacial score (nSPS) is 26.9. The van der Waals surface area contributed by atoms with Gasteiger partial charge in [-0.3, -0.25) is 24.1 Å². The van der Waals surface area contributed by atoms with Crippen LogP contribution in [-0.4, -0.2) is 46.8 Å². The monoisotopic (exact) mass is 669 g/mol. The number of nitrogens with zero attached hydrogens (tertiary/aromatic N) is 1. The number of rotatable bonds is 7. The molecule has 12 heteroatoms. The number of anilines is 2. The number of H-pyrrole nitrogens is 1. The van der Waals surface area contributed by atoms with Crippen LogP contribution in [-0.2, 0) is 14.4 Å². The molecule has 7 atom stereocenters. The van der Waals surface area contributed by atoms with E-state index in [-0.39, 0.29) is 69.8 Å². The number of thioether (sulfide) groups is 1. The first-order valence-electron chi connectivity index (χ1n) is 15.5. The third-order valence-corrected chi connectivity index (χ3v) is 12.7. The molecule has 3 N–H and O–H groups in total. The Morgan fingerprint density at radius 3 is 2.43 bits per heavy atom. The Morgan fingerprint density at radius 2 is 1.70 bits per heavy atom. The minimum atomic E-state index is -0.396. The van der Waals surface area contributed by atoms with Gasteiger partial charge in [0.15, 0.2) is 18.1 Å². The maximum atomic E-state index is 14.0. The molecular formula is C35H31N3O7S2. The summed E-state index contributed by atoms with van der Waals surface area (Å²) >= 11 is 2.84. The Bertz CT molecular complexity index is 1970. The van der Waals surface area contributed by atoms with Crippen molar-refractivity contribution in [2.45, 2.75) is 29.5 Å². The summed E-state index contributed by atoms with van der Waals surface area (Å²) in [5, 5.41) is 13.1. The minimum Gasteiger partial charge on any atom is -0.508 e. The number of ether oxygens (including phenoxy) is 2. The summed E-state index contributed by atoms with van der Waals surface area (Å²) in [5.74, 6) is -0.602. The van der Waals surface area contributed by atoms with Gasteiger partial charge < -0.3 is 24.9 Å². The summed E-state index contributed by atoms with van der Waals surface area (Å²) in [6.07, 6.45) is 0.793. The fraction of sp³-hybridized carbons (Fsp3) is 0.314. The van der Waals surface area contributed by atoms with Gasteiger partial charge in [0.25, 0.3) is 5.91 Å². The van der Waals surface area contributed by atoms with Crippen molar-refractivity contribution in [2.75, 3.05) is 23.9 Å². The fourth-order valence-corrected chi connectivity index (χ4v) is 11.1. The predicted octanol–water partition coefficient (Wildman–Crippen LogP) is 5.15. The van der Waals surface area contributed by atoms with Crippen LogP contribution in [0.4, 0.5) is 11.4 Å². The van der Waals surface area contributed by atoms with Crippen molar-refractivity contribution >= 4 is 52.2 Å². The lowest BCUT2D eigenvalue weighted by atomic mass is 9.68. The van der Waals surface area contributed by atoms with Gasteiger partial charge in [0.05, 0.1) is 29.7 Å². The Kier molecular flexibility index (Phi) is 7.17. The van der Waals surface area contributed by atoms with E-state index >= 15 is 0 Å². The fourth-order valence-electron chi connectivity index (χ4n) is 8.22. The number of hydrogen-bond donors (Lipinski definition) is 3. The Hall–Kier alpha value is -4.55. The molecule has 240 valence electrons. The van der Waals surface area contributed by atoms with Crippen molar-refractivity contribution in [3.8, 4) is 17.2 Å². The highest BCUT2D eigenvalue weighted by atomic mass is 32.2. The van der Waals surface area contributed by atoms with Crippen LogP contribution in [0.15, 0.2) is 76.6 Å². The first-order chi connectivity index (χ1) is 22.7. The quantitative estimate of drug-likeness (QED) is 0.181. The van der Waals surface area contributed by atoms with Crippen molar-refractivity contribution in [3.63, 3.8) is 0 Å². The predicted molar refractivity (Wildman–Crippen MR) is 177 cm³/mol. The van der Waals surface area contributed by atoms with Gasteiger partial charge in [0, 0.05) is 21.7 Å². The molecule has 8 rings (SSSR count). The number of phenols is 1. The van der Waals surface area contributed by atoms with Crippen LogP contribution in [0.3, 0.4) is 0 Å². The molecule has 2 saturated carbocycles. The molecule has 4 unspecified atom stereocenters. The molecule has 3 amide bonds. The van der Waals surface area contributed by atoms with Crippen molar-refractivity contribution in [2.24, 2.45) is 29.6 Å². The zero-order valence-electron chi connectivity index (χ0n) is 25.5. The summed E-state index contributed by atoms with van der Waals surface area (Å²) in [6.45, 7) is 1.72. The molecule has 3 heterocycles. The minimum absolute atomic E-state index is 0.0162. The first kappa shape index (κ1) is 29.8. The second-order valence-electron chi connectivity index (χ2n) is 12.6. The molecule has 1 aromatic heterocycles. The number of aryl methyl sites for hydroxylation is 1. The number of hydrogen-bond acceptors (Lipinski definition) is 9. The van der Waals surface area contributed by atoms with E-state index in [2.05, 4.69) is 10.3 Å². The number of fused-ring (bicyclic) bond motifs is 9. The van der Waals surface area contributed by atoms with Gasteiger partial charge in [-0.25, -0.2) is 0 Å². The van der Waals surface area contributed by atoms with Crippen LogP contribution in [0, 0.1) is 36.5 Å². The number of methoxy groups -OCH3 is 1.